The summed E-state index contributed by atoms with van der Waals surface area (Å²) in [4.78, 5) is 12.8. The molecule has 5 rings (SSSR count). The zero-order chi connectivity index (χ0) is 24.6. The molecule has 1 aliphatic carbocycles. The van der Waals surface area contributed by atoms with Crippen LogP contribution in [0.4, 0.5) is 0 Å². The van der Waals surface area contributed by atoms with Crippen LogP contribution < -0.4 is 0 Å². The molecule has 1 saturated carbocycles. The maximum atomic E-state index is 12.8. The number of rotatable bonds is 6. The molecule has 5 heteroatoms. The Kier molecular flexibility index (Phi) is 6.41. The van der Waals surface area contributed by atoms with Crippen molar-refractivity contribution >= 4 is 29.2 Å². The number of aliphatic carboxylic acids is 1. The van der Waals surface area contributed by atoms with Crippen molar-refractivity contribution in [3.8, 4) is 0 Å². The molecule has 0 unspecified atom stereocenters. The quantitative estimate of drug-likeness (QED) is 0.294. The first-order valence-electron chi connectivity index (χ1n) is 11.5. The minimum atomic E-state index is -1.53. The lowest BCUT2D eigenvalue weighted by Crippen LogP contribution is -2.57. The molecule has 4 aromatic rings. The van der Waals surface area contributed by atoms with Crippen molar-refractivity contribution in [3.05, 3.63) is 141 Å². The predicted octanol–water partition coefficient (Wildman–Crippen LogP) is 7.13. The lowest BCUT2D eigenvalue weighted by Gasteiger charge is -2.57. The van der Waals surface area contributed by atoms with Crippen LogP contribution >= 0.6 is 23.2 Å². The molecule has 2 N–H and O–H groups in total. The van der Waals surface area contributed by atoms with Crippen LogP contribution in [-0.2, 0) is 10.4 Å². The largest absolute Gasteiger partial charge is 0.481 e. The molecule has 176 valence electrons. The Balaban J connectivity index is 1.74. The normalized spacial score (nSPS) is 21.8. The van der Waals surface area contributed by atoms with Gasteiger partial charge < -0.3 is 10.2 Å². The zero-order valence-electron chi connectivity index (χ0n) is 18.8. The van der Waals surface area contributed by atoms with Crippen molar-refractivity contribution < 1.29 is 15.0 Å². The summed E-state index contributed by atoms with van der Waals surface area (Å²) in [5, 5.41) is 24.3. The number of aliphatic hydroxyl groups is 1. The van der Waals surface area contributed by atoms with Gasteiger partial charge in [-0.05, 0) is 52.4 Å². The predicted molar refractivity (Wildman–Crippen MR) is 139 cm³/mol. The summed E-state index contributed by atoms with van der Waals surface area (Å²) < 4.78 is 0. The molecular weight excluding hydrogens is 479 g/mol. The number of hydrogen-bond acceptors (Lipinski definition) is 2. The van der Waals surface area contributed by atoms with Gasteiger partial charge >= 0.3 is 5.97 Å². The van der Waals surface area contributed by atoms with E-state index in [9.17, 15) is 15.0 Å². The molecule has 4 atom stereocenters. The molecule has 0 spiro atoms. The average Bonchev–Trinajstić information content (AvgIpc) is 2.86. The summed E-state index contributed by atoms with van der Waals surface area (Å²) in [6.07, 6.45) is 0. The molecule has 0 radical (unpaired) electrons. The number of halogens is 2. The fourth-order valence-corrected chi connectivity index (χ4v) is 5.96. The van der Waals surface area contributed by atoms with Gasteiger partial charge in [0.05, 0.1) is 5.92 Å². The van der Waals surface area contributed by atoms with Crippen molar-refractivity contribution in [1.29, 1.82) is 0 Å². The maximum Gasteiger partial charge on any atom is 0.307 e. The minimum Gasteiger partial charge on any atom is -0.481 e. The third-order valence-corrected chi connectivity index (χ3v) is 7.76. The Morgan fingerprint density at radius 1 is 0.629 bits per heavy atom. The van der Waals surface area contributed by atoms with Gasteiger partial charge in [0.2, 0.25) is 0 Å². The molecule has 0 bridgehead atoms. The van der Waals surface area contributed by atoms with E-state index in [0.29, 0.717) is 21.2 Å². The van der Waals surface area contributed by atoms with Crippen LogP contribution in [0, 0.1) is 11.8 Å². The number of benzene rings is 4. The summed E-state index contributed by atoms with van der Waals surface area (Å²) >= 11 is 12.3. The van der Waals surface area contributed by atoms with Gasteiger partial charge in [0.1, 0.15) is 5.60 Å². The molecule has 1 fully saturated rings. The van der Waals surface area contributed by atoms with Crippen LogP contribution in [0.15, 0.2) is 109 Å². The Morgan fingerprint density at radius 2 is 1.03 bits per heavy atom. The van der Waals surface area contributed by atoms with Crippen LogP contribution in [0.25, 0.3) is 0 Å². The van der Waals surface area contributed by atoms with E-state index in [4.69, 9.17) is 23.2 Å². The highest BCUT2D eigenvalue weighted by atomic mass is 35.5. The lowest BCUT2D eigenvalue weighted by molar-refractivity contribution is -0.163. The van der Waals surface area contributed by atoms with Crippen molar-refractivity contribution in [2.45, 2.75) is 17.4 Å². The third-order valence-electron chi connectivity index (χ3n) is 7.25. The fraction of sp³-hybridized carbons (Fsp3) is 0.167. The second-order valence-electron chi connectivity index (χ2n) is 9.04. The monoisotopic (exact) mass is 502 g/mol. The highest BCUT2D eigenvalue weighted by Gasteiger charge is 2.63. The summed E-state index contributed by atoms with van der Waals surface area (Å²) in [6.45, 7) is 0. The second kappa shape index (κ2) is 9.50. The van der Waals surface area contributed by atoms with Crippen LogP contribution in [-0.4, -0.2) is 16.2 Å². The lowest BCUT2D eigenvalue weighted by atomic mass is 9.46. The van der Waals surface area contributed by atoms with E-state index in [-0.39, 0.29) is 11.8 Å². The van der Waals surface area contributed by atoms with Gasteiger partial charge in [0.15, 0.2) is 0 Å². The van der Waals surface area contributed by atoms with E-state index in [2.05, 4.69) is 0 Å². The molecule has 4 aromatic carbocycles. The molecule has 1 aliphatic rings. The standard InChI is InChI=1S/C30H24Cl2O3/c31-23-15-11-19(12-16-23)25-26(20-13-17-24(32)18-14-20)28(27(25)29(33)34)30(35,21-7-3-1-4-8-21)22-9-5-2-6-10-22/h1-18,25-28,35H,(H,33,34)/t25-,26+,27+,28-/m0/s1. The van der Waals surface area contributed by atoms with Crippen LogP contribution in [0.2, 0.25) is 10.0 Å². The Hall–Kier alpha value is -3.11. The van der Waals surface area contributed by atoms with Crippen molar-refractivity contribution in [2.75, 3.05) is 0 Å². The molecule has 35 heavy (non-hydrogen) atoms. The highest BCUT2D eigenvalue weighted by Crippen LogP contribution is 2.64. The molecule has 0 aromatic heterocycles. The zero-order valence-corrected chi connectivity index (χ0v) is 20.3. The topological polar surface area (TPSA) is 57.5 Å². The first kappa shape index (κ1) is 23.6. The first-order valence-corrected chi connectivity index (χ1v) is 12.2. The average molecular weight is 503 g/mol. The smallest absolute Gasteiger partial charge is 0.307 e. The molecule has 0 heterocycles. The van der Waals surface area contributed by atoms with Gasteiger partial charge in [-0.15, -0.1) is 0 Å². The number of carboxylic acids is 1. The van der Waals surface area contributed by atoms with Crippen molar-refractivity contribution in [3.63, 3.8) is 0 Å². The number of hydrogen-bond donors (Lipinski definition) is 2. The fourth-order valence-electron chi connectivity index (χ4n) is 5.71. The Labute approximate surface area is 214 Å². The van der Waals surface area contributed by atoms with E-state index >= 15 is 0 Å². The molecule has 0 aliphatic heterocycles. The van der Waals surface area contributed by atoms with Crippen molar-refractivity contribution in [2.24, 2.45) is 11.8 Å². The van der Waals surface area contributed by atoms with Crippen molar-refractivity contribution in [1.82, 2.24) is 0 Å². The van der Waals surface area contributed by atoms with E-state index in [1.54, 1.807) is 12.1 Å². The van der Waals surface area contributed by atoms with Gasteiger partial charge in [-0.3, -0.25) is 4.79 Å². The van der Waals surface area contributed by atoms with E-state index < -0.39 is 23.4 Å². The van der Waals surface area contributed by atoms with Crippen LogP contribution in [0.5, 0.6) is 0 Å². The van der Waals surface area contributed by atoms with Gasteiger partial charge in [-0.25, -0.2) is 0 Å². The van der Waals surface area contributed by atoms with Gasteiger partial charge in [0.25, 0.3) is 0 Å². The highest BCUT2D eigenvalue weighted by molar-refractivity contribution is 6.30. The second-order valence-corrected chi connectivity index (χ2v) is 9.92. The summed E-state index contributed by atoms with van der Waals surface area (Å²) in [5.41, 5.74) is 1.61. The van der Waals surface area contributed by atoms with Gasteiger partial charge in [-0.2, -0.15) is 0 Å². The SMILES string of the molecule is O=C(O)[C@@H]1[C@@H](c2ccc(Cl)cc2)[C@@H](c2ccc(Cl)cc2)[C@@H]1C(O)(c1ccccc1)c1ccccc1. The molecular formula is C30H24Cl2O3. The van der Waals surface area contributed by atoms with E-state index in [0.717, 1.165) is 11.1 Å². The van der Waals surface area contributed by atoms with E-state index in [1.165, 1.54) is 0 Å². The maximum absolute atomic E-state index is 12.8. The molecule has 0 saturated heterocycles. The molecule has 0 amide bonds. The number of carboxylic acid groups (broad SMARTS) is 1. The summed E-state index contributed by atoms with van der Waals surface area (Å²) in [6, 6.07) is 33.5. The Morgan fingerprint density at radius 3 is 1.43 bits per heavy atom. The third kappa shape index (κ3) is 4.14. The van der Waals surface area contributed by atoms with E-state index in [1.807, 2.05) is 97.1 Å². The first-order chi connectivity index (χ1) is 16.9. The summed E-state index contributed by atoms with van der Waals surface area (Å²) in [5.74, 6) is -3.03. The minimum absolute atomic E-state index is 0.278. The number of carbonyl (C=O) groups is 1. The van der Waals surface area contributed by atoms with Gasteiger partial charge in [-0.1, -0.05) is 108 Å². The summed E-state index contributed by atoms with van der Waals surface area (Å²) in [7, 11) is 0. The van der Waals surface area contributed by atoms with Crippen LogP contribution in [0.3, 0.4) is 0 Å². The van der Waals surface area contributed by atoms with Gasteiger partial charge in [0, 0.05) is 21.9 Å². The Bertz CT molecular complexity index is 1270. The molecule has 3 nitrogen and oxygen atoms in total. The van der Waals surface area contributed by atoms with Crippen LogP contribution in [0.1, 0.15) is 34.1 Å².